The van der Waals surface area contributed by atoms with Gasteiger partial charge in [-0.1, -0.05) is 12.1 Å². The third kappa shape index (κ3) is 4.80. The summed E-state index contributed by atoms with van der Waals surface area (Å²) in [5.74, 6) is -1.20. The average Bonchev–Trinajstić information content (AvgIpc) is 2.46. The SMILES string of the molecule is Cl.N[C@H](c1ccc(OC(F)(F)F)cc1)c1cc([N+](=O)[O-])ccc1F. The summed E-state index contributed by atoms with van der Waals surface area (Å²) in [6.45, 7) is 0. The zero-order valence-corrected chi connectivity index (χ0v) is 12.6. The third-order valence-electron chi connectivity index (χ3n) is 3.00. The normalized spacial score (nSPS) is 12.2. The first-order chi connectivity index (χ1) is 10.7. The summed E-state index contributed by atoms with van der Waals surface area (Å²) in [7, 11) is 0. The molecule has 0 unspecified atom stereocenters. The second-order valence-electron chi connectivity index (χ2n) is 4.56. The van der Waals surface area contributed by atoms with Gasteiger partial charge in [0.25, 0.3) is 5.69 Å². The van der Waals surface area contributed by atoms with E-state index in [1.807, 2.05) is 0 Å². The minimum Gasteiger partial charge on any atom is -0.406 e. The number of alkyl halides is 3. The Morgan fingerprint density at radius 3 is 2.21 bits per heavy atom. The number of ether oxygens (including phenoxy) is 1. The summed E-state index contributed by atoms with van der Waals surface area (Å²) in [6, 6.07) is 6.32. The Morgan fingerprint density at radius 2 is 1.71 bits per heavy atom. The van der Waals surface area contributed by atoms with Crippen molar-refractivity contribution in [2.24, 2.45) is 5.73 Å². The van der Waals surface area contributed by atoms with Crippen LogP contribution in [0.5, 0.6) is 5.75 Å². The molecule has 2 N–H and O–H groups in total. The van der Waals surface area contributed by atoms with Crippen LogP contribution in [0.4, 0.5) is 23.2 Å². The lowest BCUT2D eigenvalue weighted by Crippen LogP contribution is -2.17. The van der Waals surface area contributed by atoms with Crippen LogP contribution in [0.2, 0.25) is 0 Å². The fourth-order valence-electron chi connectivity index (χ4n) is 1.94. The molecule has 0 fully saturated rings. The van der Waals surface area contributed by atoms with E-state index in [2.05, 4.69) is 4.74 Å². The van der Waals surface area contributed by atoms with Gasteiger partial charge in [-0.25, -0.2) is 4.39 Å². The first-order valence-electron chi connectivity index (χ1n) is 6.22. The standard InChI is InChI=1S/C14H10F4N2O3.ClH/c15-12-6-3-9(20(21)22)7-11(12)13(19)8-1-4-10(5-2-8)23-14(16,17)18;/h1-7,13H,19H2;1H/t13-;/m1./s1. The van der Waals surface area contributed by atoms with E-state index in [4.69, 9.17) is 5.73 Å². The van der Waals surface area contributed by atoms with Gasteiger partial charge in [0.15, 0.2) is 0 Å². The quantitative estimate of drug-likeness (QED) is 0.502. The maximum atomic E-state index is 13.8. The number of nitro groups is 1. The van der Waals surface area contributed by atoms with E-state index in [-0.39, 0.29) is 29.2 Å². The molecule has 0 saturated heterocycles. The van der Waals surface area contributed by atoms with Crippen molar-refractivity contribution >= 4 is 18.1 Å². The highest BCUT2D eigenvalue weighted by atomic mass is 35.5. The molecule has 2 aromatic rings. The molecule has 0 saturated carbocycles. The molecule has 0 spiro atoms. The van der Waals surface area contributed by atoms with E-state index in [1.165, 1.54) is 12.1 Å². The van der Waals surface area contributed by atoms with Gasteiger partial charge < -0.3 is 10.5 Å². The van der Waals surface area contributed by atoms with Crippen LogP contribution < -0.4 is 10.5 Å². The number of hydrogen-bond donors (Lipinski definition) is 1. The fraction of sp³-hybridized carbons (Fsp3) is 0.143. The summed E-state index contributed by atoms with van der Waals surface area (Å²) in [5, 5.41) is 10.7. The second kappa shape index (κ2) is 7.45. The minimum absolute atomic E-state index is 0. The molecule has 130 valence electrons. The number of rotatable bonds is 4. The number of nitrogens with two attached hydrogens (primary N) is 1. The fourth-order valence-corrected chi connectivity index (χ4v) is 1.94. The molecule has 0 aliphatic rings. The zero-order chi connectivity index (χ0) is 17.2. The highest BCUT2D eigenvalue weighted by molar-refractivity contribution is 5.85. The molecule has 2 aromatic carbocycles. The summed E-state index contributed by atoms with van der Waals surface area (Å²) in [4.78, 5) is 10.0. The maximum Gasteiger partial charge on any atom is 0.573 e. The number of nitro benzene ring substituents is 1. The highest BCUT2D eigenvalue weighted by Crippen LogP contribution is 2.28. The van der Waals surface area contributed by atoms with E-state index >= 15 is 0 Å². The lowest BCUT2D eigenvalue weighted by atomic mass is 9.98. The zero-order valence-electron chi connectivity index (χ0n) is 11.8. The molecule has 0 aliphatic carbocycles. The van der Waals surface area contributed by atoms with E-state index in [0.29, 0.717) is 0 Å². The Kier molecular flexibility index (Phi) is 6.10. The van der Waals surface area contributed by atoms with Gasteiger partial charge in [0.1, 0.15) is 11.6 Å². The van der Waals surface area contributed by atoms with E-state index in [1.54, 1.807) is 0 Å². The number of non-ortho nitro benzene ring substituents is 1. The van der Waals surface area contributed by atoms with Crippen LogP contribution in [0.3, 0.4) is 0 Å². The molecule has 1 atom stereocenters. The summed E-state index contributed by atoms with van der Waals surface area (Å²) in [5.41, 5.74) is 5.64. The second-order valence-corrected chi connectivity index (χ2v) is 4.56. The van der Waals surface area contributed by atoms with Crippen LogP contribution >= 0.6 is 12.4 Å². The maximum absolute atomic E-state index is 13.8. The van der Waals surface area contributed by atoms with Gasteiger partial charge in [0.2, 0.25) is 0 Å². The summed E-state index contributed by atoms with van der Waals surface area (Å²) >= 11 is 0. The van der Waals surface area contributed by atoms with E-state index in [9.17, 15) is 27.7 Å². The molecular weight excluding hydrogens is 356 g/mol. The molecule has 0 heterocycles. The van der Waals surface area contributed by atoms with Crippen molar-refractivity contribution in [3.63, 3.8) is 0 Å². The number of halogens is 5. The Labute approximate surface area is 139 Å². The van der Waals surface area contributed by atoms with Crippen LogP contribution in [-0.2, 0) is 0 Å². The van der Waals surface area contributed by atoms with Crippen molar-refractivity contribution in [1.82, 2.24) is 0 Å². The van der Waals surface area contributed by atoms with Crippen LogP contribution in [0.1, 0.15) is 17.2 Å². The van der Waals surface area contributed by atoms with Crippen LogP contribution in [0.15, 0.2) is 42.5 Å². The molecule has 10 heteroatoms. The van der Waals surface area contributed by atoms with Gasteiger partial charge in [-0.2, -0.15) is 0 Å². The molecule has 0 amide bonds. The molecule has 5 nitrogen and oxygen atoms in total. The number of nitrogens with zero attached hydrogens (tertiary/aromatic N) is 1. The van der Waals surface area contributed by atoms with Crippen molar-refractivity contribution in [3.05, 3.63) is 69.5 Å². The van der Waals surface area contributed by atoms with Crippen LogP contribution in [-0.4, -0.2) is 11.3 Å². The van der Waals surface area contributed by atoms with Gasteiger partial charge >= 0.3 is 6.36 Å². The average molecular weight is 367 g/mol. The van der Waals surface area contributed by atoms with E-state index in [0.717, 1.165) is 30.3 Å². The minimum atomic E-state index is -4.82. The highest BCUT2D eigenvalue weighted by Gasteiger charge is 2.31. The smallest absolute Gasteiger partial charge is 0.406 e. The molecule has 0 bridgehead atoms. The predicted molar refractivity (Wildman–Crippen MR) is 79.5 cm³/mol. The molecule has 2 rings (SSSR count). The Hall–Kier alpha value is -2.39. The van der Waals surface area contributed by atoms with Gasteiger partial charge in [-0.05, 0) is 23.8 Å². The lowest BCUT2D eigenvalue weighted by Gasteiger charge is -2.14. The van der Waals surface area contributed by atoms with Gasteiger partial charge in [0.05, 0.1) is 11.0 Å². The molecule has 0 aromatic heterocycles. The van der Waals surface area contributed by atoms with Crippen molar-refractivity contribution in [1.29, 1.82) is 0 Å². The van der Waals surface area contributed by atoms with Crippen LogP contribution in [0.25, 0.3) is 0 Å². The summed E-state index contributed by atoms with van der Waals surface area (Å²) in [6.07, 6.45) is -4.82. The topological polar surface area (TPSA) is 78.4 Å². The van der Waals surface area contributed by atoms with Crippen molar-refractivity contribution in [3.8, 4) is 5.75 Å². The summed E-state index contributed by atoms with van der Waals surface area (Å²) < 4.78 is 53.7. The van der Waals surface area contributed by atoms with Crippen LogP contribution in [0, 0.1) is 15.9 Å². The monoisotopic (exact) mass is 366 g/mol. The van der Waals surface area contributed by atoms with Crippen molar-refractivity contribution in [2.45, 2.75) is 12.4 Å². The predicted octanol–water partition coefficient (Wildman–Crippen LogP) is 4.10. The molecular formula is C14H11ClF4N2O3. The third-order valence-corrected chi connectivity index (χ3v) is 3.00. The molecule has 0 radical (unpaired) electrons. The first kappa shape index (κ1) is 19.7. The van der Waals surface area contributed by atoms with Gasteiger partial charge in [-0.15, -0.1) is 25.6 Å². The van der Waals surface area contributed by atoms with Gasteiger partial charge in [0, 0.05) is 17.7 Å². The largest absolute Gasteiger partial charge is 0.573 e. The molecule has 24 heavy (non-hydrogen) atoms. The number of benzene rings is 2. The Bertz CT molecular complexity index is 723. The molecule has 0 aliphatic heterocycles. The first-order valence-corrected chi connectivity index (χ1v) is 6.22. The van der Waals surface area contributed by atoms with Crippen molar-refractivity contribution < 1.29 is 27.2 Å². The van der Waals surface area contributed by atoms with E-state index < -0.39 is 28.9 Å². The Morgan fingerprint density at radius 1 is 1.12 bits per heavy atom. The Balaban J connectivity index is 0.00000288. The van der Waals surface area contributed by atoms with Gasteiger partial charge in [-0.3, -0.25) is 10.1 Å². The number of hydrogen-bond acceptors (Lipinski definition) is 4. The van der Waals surface area contributed by atoms with Crippen molar-refractivity contribution in [2.75, 3.05) is 0 Å². The lowest BCUT2D eigenvalue weighted by molar-refractivity contribution is -0.385.